The van der Waals surface area contributed by atoms with E-state index < -0.39 is 0 Å². The summed E-state index contributed by atoms with van der Waals surface area (Å²) < 4.78 is 4.35. The monoisotopic (exact) mass is 356 g/mol. The Morgan fingerprint density at radius 3 is 2.35 bits per heavy atom. The van der Waals surface area contributed by atoms with E-state index in [9.17, 15) is 4.79 Å². The van der Waals surface area contributed by atoms with Crippen LogP contribution in [-0.4, -0.2) is 9.13 Å². The molecule has 1 saturated carbocycles. The molecule has 1 atom stereocenters. The number of halogens is 2. The molecule has 1 fully saturated rings. The second-order valence-corrected chi connectivity index (χ2v) is 7.03. The zero-order valence-electron chi connectivity index (χ0n) is 11.7. The summed E-state index contributed by atoms with van der Waals surface area (Å²) in [7, 11) is 3.60. The molecule has 0 radical (unpaired) electrons. The molecule has 0 spiro atoms. The van der Waals surface area contributed by atoms with E-state index in [0.717, 1.165) is 21.1 Å². The molecule has 1 heterocycles. The van der Waals surface area contributed by atoms with Gasteiger partial charge in [-0.3, -0.25) is 9.13 Å². The van der Waals surface area contributed by atoms with Gasteiger partial charge in [0.25, 0.3) is 0 Å². The molecule has 0 amide bonds. The highest BCUT2D eigenvalue weighted by Gasteiger charge is 2.26. The SMILES string of the molecule is Cn1c(=O)n(C)c2cc(C(Cl)C3CCCC3)c(Br)cc21. The van der Waals surface area contributed by atoms with Crippen LogP contribution >= 0.6 is 27.5 Å². The number of aryl methyl sites for hydroxylation is 2. The van der Waals surface area contributed by atoms with Gasteiger partial charge < -0.3 is 0 Å². The van der Waals surface area contributed by atoms with Crippen LogP contribution in [0.5, 0.6) is 0 Å². The summed E-state index contributed by atoms with van der Waals surface area (Å²) in [5.74, 6) is 0.547. The van der Waals surface area contributed by atoms with Crippen molar-refractivity contribution >= 4 is 38.6 Å². The maximum absolute atomic E-state index is 12.0. The Bertz CT molecular complexity index is 713. The first-order valence-electron chi connectivity index (χ1n) is 6.99. The van der Waals surface area contributed by atoms with E-state index in [-0.39, 0.29) is 11.1 Å². The Morgan fingerprint density at radius 1 is 1.20 bits per heavy atom. The van der Waals surface area contributed by atoms with Crippen LogP contribution in [0.2, 0.25) is 0 Å². The highest BCUT2D eigenvalue weighted by Crippen LogP contribution is 2.43. The first-order valence-corrected chi connectivity index (χ1v) is 8.22. The minimum Gasteiger partial charge on any atom is -0.295 e. The van der Waals surface area contributed by atoms with Crippen molar-refractivity contribution in [1.29, 1.82) is 0 Å². The highest BCUT2D eigenvalue weighted by atomic mass is 79.9. The lowest BCUT2D eigenvalue weighted by atomic mass is 9.97. The summed E-state index contributed by atoms with van der Waals surface area (Å²) in [4.78, 5) is 12.0. The normalized spacial score (nSPS) is 18.0. The summed E-state index contributed by atoms with van der Waals surface area (Å²) in [5.41, 5.74) is 2.98. The number of imidazole rings is 1. The van der Waals surface area contributed by atoms with Gasteiger partial charge in [0.2, 0.25) is 0 Å². The third-order valence-electron chi connectivity index (χ3n) is 4.50. The highest BCUT2D eigenvalue weighted by molar-refractivity contribution is 9.10. The van der Waals surface area contributed by atoms with Gasteiger partial charge in [-0.2, -0.15) is 0 Å². The quantitative estimate of drug-likeness (QED) is 0.743. The Kier molecular flexibility index (Phi) is 3.71. The van der Waals surface area contributed by atoms with Crippen molar-refractivity contribution in [2.75, 3.05) is 0 Å². The Morgan fingerprint density at radius 2 is 1.75 bits per heavy atom. The van der Waals surface area contributed by atoms with Gasteiger partial charge in [-0.05, 0) is 36.5 Å². The van der Waals surface area contributed by atoms with Gasteiger partial charge >= 0.3 is 5.69 Å². The molecule has 3 rings (SSSR count). The molecule has 0 bridgehead atoms. The van der Waals surface area contributed by atoms with Crippen LogP contribution in [0.3, 0.4) is 0 Å². The first-order chi connectivity index (χ1) is 9.50. The minimum absolute atomic E-state index is 0.00367. The van der Waals surface area contributed by atoms with Crippen LogP contribution in [0.4, 0.5) is 0 Å². The molecule has 1 unspecified atom stereocenters. The fraction of sp³-hybridized carbons (Fsp3) is 0.533. The van der Waals surface area contributed by atoms with Crippen molar-refractivity contribution < 1.29 is 0 Å². The third kappa shape index (κ3) is 2.13. The molecule has 5 heteroatoms. The molecule has 1 aromatic heterocycles. The second kappa shape index (κ2) is 5.23. The number of nitrogens with zero attached hydrogens (tertiary/aromatic N) is 2. The van der Waals surface area contributed by atoms with Crippen LogP contribution < -0.4 is 5.69 Å². The van der Waals surface area contributed by atoms with Crippen LogP contribution in [0.25, 0.3) is 11.0 Å². The second-order valence-electron chi connectivity index (χ2n) is 5.71. The van der Waals surface area contributed by atoms with Crippen molar-refractivity contribution in [3.63, 3.8) is 0 Å². The van der Waals surface area contributed by atoms with E-state index >= 15 is 0 Å². The van der Waals surface area contributed by atoms with E-state index in [0.29, 0.717) is 5.92 Å². The molecular weight excluding hydrogens is 340 g/mol. The van der Waals surface area contributed by atoms with Crippen molar-refractivity contribution in [1.82, 2.24) is 9.13 Å². The molecule has 3 nitrogen and oxygen atoms in total. The number of fused-ring (bicyclic) bond motifs is 1. The lowest BCUT2D eigenvalue weighted by molar-refractivity contribution is 0.528. The molecule has 0 aliphatic heterocycles. The number of hydrogen-bond donors (Lipinski definition) is 0. The predicted molar refractivity (Wildman–Crippen MR) is 86.4 cm³/mol. The number of alkyl halides is 1. The standard InChI is InChI=1S/C15H18BrClN2O/c1-18-12-7-10(14(17)9-5-3-4-6-9)11(16)8-13(12)19(2)15(18)20/h7-9,14H,3-6H2,1-2H3. The zero-order valence-corrected chi connectivity index (χ0v) is 14.0. The average molecular weight is 358 g/mol. The Balaban J connectivity index is 2.14. The summed E-state index contributed by atoms with van der Waals surface area (Å²) in [5, 5.41) is 0.0200. The van der Waals surface area contributed by atoms with E-state index in [1.54, 1.807) is 23.2 Å². The Hall–Kier alpha value is -0.740. The molecule has 20 heavy (non-hydrogen) atoms. The van der Waals surface area contributed by atoms with Gasteiger partial charge in [0.15, 0.2) is 0 Å². The summed E-state index contributed by atoms with van der Waals surface area (Å²) in [6.45, 7) is 0. The first kappa shape index (κ1) is 14.2. The summed E-state index contributed by atoms with van der Waals surface area (Å²) in [6.07, 6.45) is 4.95. The van der Waals surface area contributed by atoms with Crippen molar-refractivity contribution in [2.24, 2.45) is 20.0 Å². The summed E-state index contributed by atoms with van der Waals surface area (Å²) in [6, 6.07) is 4.08. The zero-order chi connectivity index (χ0) is 14.4. The number of benzene rings is 1. The van der Waals surface area contributed by atoms with E-state index in [1.165, 1.54) is 25.7 Å². The topological polar surface area (TPSA) is 26.9 Å². The van der Waals surface area contributed by atoms with E-state index in [2.05, 4.69) is 22.0 Å². The fourth-order valence-corrected chi connectivity index (χ4v) is 4.39. The number of rotatable bonds is 2. The molecular formula is C15H18BrClN2O. The fourth-order valence-electron chi connectivity index (χ4n) is 3.25. The Labute approximate surface area is 131 Å². The maximum Gasteiger partial charge on any atom is 0.328 e. The molecule has 1 aromatic carbocycles. The van der Waals surface area contributed by atoms with Gasteiger partial charge in [0.05, 0.1) is 16.4 Å². The van der Waals surface area contributed by atoms with Gasteiger partial charge in [-0.15, -0.1) is 11.6 Å². The molecule has 108 valence electrons. The molecule has 1 aliphatic carbocycles. The largest absolute Gasteiger partial charge is 0.328 e. The van der Waals surface area contributed by atoms with Crippen LogP contribution in [0.1, 0.15) is 36.6 Å². The van der Waals surface area contributed by atoms with Crippen LogP contribution in [-0.2, 0) is 14.1 Å². The van der Waals surface area contributed by atoms with Crippen molar-refractivity contribution in [3.8, 4) is 0 Å². The molecule has 2 aromatic rings. The summed E-state index contributed by atoms with van der Waals surface area (Å²) >= 11 is 10.3. The lowest BCUT2D eigenvalue weighted by Gasteiger charge is -2.18. The molecule has 1 aliphatic rings. The van der Waals surface area contributed by atoms with Crippen molar-refractivity contribution in [3.05, 3.63) is 32.7 Å². The van der Waals surface area contributed by atoms with Gasteiger partial charge in [-0.25, -0.2) is 4.79 Å². The smallest absolute Gasteiger partial charge is 0.295 e. The minimum atomic E-state index is -0.00367. The number of aromatic nitrogens is 2. The molecule has 0 N–H and O–H groups in total. The van der Waals surface area contributed by atoms with Crippen LogP contribution in [0, 0.1) is 5.92 Å². The van der Waals surface area contributed by atoms with Crippen LogP contribution in [0.15, 0.2) is 21.4 Å². The third-order valence-corrected chi connectivity index (χ3v) is 5.78. The number of hydrogen-bond acceptors (Lipinski definition) is 1. The van der Waals surface area contributed by atoms with E-state index in [4.69, 9.17) is 11.6 Å². The van der Waals surface area contributed by atoms with Crippen molar-refractivity contribution in [2.45, 2.75) is 31.1 Å². The van der Waals surface area contributed by atoms with Gasteiger partial charge in [0.1, 0.15) is 0 Å². The predicted octanol–water partition coefficient (Wildman–Crippen LogP) is 4.11. The lowest BCUT2D eigenvalue weighted by Crippen LogP contribution is -2.19. The van der Waals surface area contributed by atoms with Gasteiger partial charge in [-0.1, -0.05) is 28.8 Å². The van der Waals surface area contributed by atoms with E-state index in [1.807, 2.05) is 6.07 Å². The average Bonchev–Trinajstić information content (AvgIpc) is 3.03. The van der Waals surface area contributed by atoms with Gasteiger partial charge in [0, 0.05) is 18.6 Å². The molecule has 0 saturated heterocycles. The maximum atomic E-state index is 12.0.